The average Bonchev–Trinajstić information content (AvgIpc) is 3.45. The van der Waals surface area contributed by atoms with E-state index < -0.39 is 6.10 Å². The van der Waals surface area contributed by atoms with Crippen LogP contribution in [0, 0.1) is 5.92 Å². The van der Waals surface area contributed by atoms with Crippen molar-refractivity contribution in [2.45, 2.75) is 32.4 Å². The first-order valence-corrected chi connectivity index (χ1v) is 10.2. The number of benzene rings is 1. The van der Waals surface area contributed by atoms with Gasteiger partial charge in [-0.1, -0.05) is 19.1 Å². The Hall–Kier alpha value is -1.14. The number of hydrogen-bond donors (Lipinski definition) is 1. The first-order chi connectivity index (χ1) is 12.6. The van der Waals surface area contributed by atoms with Crippen molar-refractivity contribution in [2.24, 2.45) is 5.92 Å². The number of hydrogen-bond acceptors (Lipinski definition) is 5. The van der Waals surface area contributed by atoms with Crippen LogP contribution in [0.3, 0.4) is 0 Å². The molecule has 0 spiro atoms. The van der Waals surface area contributed by atoms with Crippen molar-refractivity contribution in [1.29, 1.82) is 0 Å². The summed E-state index contributed by atoms with van der Waals surface area (Å²) in [5, 5.41) is 10.3. The minimum atomic E-state index is -0.440. The van der Waals surface area contributed by atoms with Gasteiger partial charge in [0.15, 0.2) is 0 Å². The molecule has 0 unspecified atom stereocenters. The average molecular weight is 362 g/mol. The van der Waals surface area contributed by atoms with Gasteiger partial charge in [0.25, 0.3) is 0 Å². The number of piperazine rings is 1. The Kier molecular flexibility index (Phi) is 7.32. The summed E-state index contributed by atoms with van der Waals surface area (Å²) in [6.07, 6.45) is 2.34. The van der Waals surface area contributed by atoms with E-state index in [1.165, 1.54) is 24.9 Å². The van der Waals surface area contributed by atoms with E-state index >= 15 is 0 Å². The van der Waals surface area contributed by atoms with E-state index in [2.05, 4.69) is 40.8 Å². The van der Waals surface area contributed by atoms with Gasteiger partial charge >= 0.3 is 0 Å². The smallest absolute Gasteiger partial charge is 0.119 e. The molecule has 0 aromatic heterocycles. The number of β-amino-alcohol motifs (C(OH)–C–C–N with tert-alkyl or cyclic N) is 1. The molecule has 1 saturated carbocycles. The Morgan fingerprint density at radius 3 is 2.62 bits per heavy atom. The first-order valence-electron chi connectivity index (χ1n) is 10.2. The van der Waals surface area contributed by atoms with Gasteiger partial charge in [0.05, 0.1) is 0 Å². The zero-order valence-corrected chi connectivity index (χ0v) is 16.4. The van der Waals surface area contributed by atoms with Gasteiger partial charge in [-0.2, -0.15) is 0 Å². The minimum Gasteiger partial charge on any atom is -0.491 e. The van der Waals surface area contributed by atoms with Crippen LogP contribution in [0.25, 0.3) is 0 Å². The van der Waals surface area contributed by atoms with Gasteiger partial charge in [0.2, 0.25) is 0 Å². The van der Waals surface area contributed by atoms with Crippen molar-refractivity contribution in [3.8, 4) is 5.75 Å². The molecule has 1 aromatic rings. The lowest BCUT2D eigenvalue weighted by atomic mass is 10.2. The third-order valence-electron chi connectivity index (χ3n) is 5.44. The molecule has 2 aliphatic rings. The molecule has 1 aliphatic heterocycles. The summed E-state index contributed by atoms with van der Waals surface area (Å²) in [6.45, 7) is 10.8. The van der Waals surface area contributed by atoms with Crippen LogP contribution in [0.4, 0.5) is 0 Å². The summed E-state index contributed by atoms with van der Waals surface area (Å²) in [5.74, 6) is 1.77. The quantitative estimate of drug-likeness (QED) is 0.689. The molecule has 146 valence electrons. The monoisotopic (exact) mass is 361 g/mol. The van der Waals surface area contributed by atoms with E-state index in [0.29, 0.717) is 13.2 Å². The van der Waals surface area contributed by atoms with Gasteiger partial charge in [-0.05, 0) is 50.0 Å². The number of likely N-dealkylation sites (N-methyl/N-ethyl adjacent to an activating group) is 1. The summed E-state index contributed by atoms with van der Waals surface area (Å²) in [7, 11) is 2.19. The maximum atomic E-state index is 10.3. The summed E-state index contributed by atoms with van der Waals surface area (Å²) in [4.78, 5) is 7.18. The zero-order chi connectivity index (χ0) is 18.4. The van der Waals surface area contributed by atoms with Crippen molar-refractivity contribution >= 4 is 0 Å². The van der Waals surface area contributed by atoms with E-state index in [4.69, 9.17) is 4.74 Å². The van der Waals surface area contributed by atoms with Crippen LogP contribution in [0.5, 0.6) is 5.75 Å². The molecule has 0 amide bonds. The third-order valence-corrected chi connectivity index (χ3v) is 5.44. The van der Waals surface area contributed by atoms with Crippen LogP contribution < -0.4 is 4.74 Å². The van der Waals surface area contributed by atoms with Crippen molar-refractivity contribution in [2.75, 3.05) is 59.5 Å². The molecule has 1 aromatic carbocycles. The molecular weight excluding hydrogens is 326 g/mol. The predicted octanol–water partition coefficient (Wildman–Crippen LogP) is 1.91. The molecule has 1 saturated heterocycles. The molecule has 1 aliphatic carbocycles. The fourth-order valence-corrected chi connectivity index (χ4v) is 3.68. The van der Waals surface area contributed by atoms with Crippen LogP contribution in [0.1, 0.15) is 25.3 Å². The highest BCUT2D eigenvalue weighted by atomic mass is 16.5. The molecule has 0 radical (unpaired) electrons. The van der Waals surface area contributed by atoms with E-state index in [0.717, 1.165) is 50.9 Å². The van der Waals surface area contributed by atoms with Gasteiger partial charge in [-0.25, -0.2) is 0 Å². The van der Waals surface area contributed by atoms with Gasteiger partial charge in [0.1, 0.15) is 18.5 Å². The summed E-state index contributed by atoms with van der Waals surface area (Å²) in [6, 6.07) is 8.29. The van der Waals surface area contributed by atoms with E-state index in [1.54, 1.807) is 0 Å². The van der Waals surface area contributed by atoms with Crippen molar-refractivity contribution in [3.05, 3.63) is 29.8 Å². The highest BCUT2D eigenvalue weighted by molar-refractivity contribution is 5.28. The van der Waals surface area contributed by atoms with Gasteiger partial charge < -0.3 is 19.6 Å². The maximum absolute atomic E-state index is 10.3. The molecule has 5 nitrogen and oxygen atoms in total. The Balaban J connectivity index is 1.38. The fraction of sp³-hybridized carbons (Fsp3) is 0.714. The van der Waals surface area contributed by atoms with Crippen molar-refractivity contribution in [1.82, 2.24) is 14.7 Å². The number of nitrogens with zero attached hydrogens (tertiary/aromatic N) is 3. The fourth-order valence-electron chi connectivity index (χ4n) is 3.68. The molecule has 2 fully saturated rings. The normalized spacial score (nSPS) is 20.5. The summed E-state index contributed by atoms with van der Waals surface area (Å²) < 4.78 is 5.86. The first kappa shape index (κ1) is 19.6. The van der Waals surface area contributed by atoms with E-state index in [9.17, 15) is 5.11 Å². The van der Waals surface area contributed by atoms with Crippen LogP contribution >= 0.6 is 0 Å². The van der Waals surface area contributed by atoms with Crippen LogP contribution in [-0.2, 0) is 6.54 Å². The second-order valence-electron chi connectivity index (χ2n) is 7.99. The lowest BCUT2D eigenvalue weighted by molar-refractivity contribution is 0.0470. The van der Waals surface area contributed by atoms with Crippen LogP contribution in [0.15, 0.2) is 24.3 Å². The Bertz CT molecular complexity index is 542. The molecule has 1 heterocycles. The lowest BCUT2D eigenvalue weighted by Crippen LogP contribution is -2.49. The highest BCUT2D eigenvalue weighted by Gasteiger charge is 2.22. The number of aliphatic hydroxyl groups excluding tert-OH is 1. The Morgan fingerprint density at radius 2 is 1.92 bits per heavy atom. The van der Waals surface area contributed by atoms with Gasteiger partial charge in [-0.15, -0.1) is 0 Å². The SMILES string of the molecule is CCN1CCN(C[C@@H](O)COc2cccc(CN(C)CC3CC3)c2)CC1. The minimum absolute atomic E-state index is 0.357. The van der Waals surface area contributed by atoms with Gasteiger partial charge in [-0.3, -0.25) is 4.90 Å². The van der Waals surface area contributed by atoms with E-state index in [1.807, 2.05) is 12.1 Å². The molecule has 5 heteroatoms. The maximum Gasteiger partial charge on any atom is 0.119 e. The molecule has 1 N–H and O–H groups in total. The van der Waals surface area contributed by atoms with E-state index in [-0.39, 0.29) is 0 Å². The van der Waals surface area contributed by atoms with Crippen molar-refractivity contribution in [3.63, 3.8) is 0 Å². The number of aliphatic hydroxyl groups is 1. The second kappa shape index (κ2) is 9.70. The summed E-state index contributed by atoms with van der Waals surface area (Å²) >= 11 is 0. The largest absolute Gasteiger partial charge is 0.491 e. The summed E-state index contributed by atoms with van der Waals surface area (Å²) in [5.41, 5.74) is 1.27. The molecule has 26 heavy (non-hydrogen) atoms. The topological polar surface area (TPSA) is 39.2 Å². The molecule has 3 rings (SSSR count). The van der Waals surface area contributed by atoms with Gasteiger partial charge in [0, 0.05) is 45.8 Å². The zero-order valence-electron chi connectivity index (χ0n) is 16.4. The number of ether oxygens (including phenoxy) is 1. The Morgan fingerprint density at radius 1 is 1.19 bits per heavy atom. The molecule has 1 atom stereocenters. The molecule has 0 bridgehead atoms. The van der Waals surface area contributed by atoms with Crippen LogP contribution in [-0.4, -0.2) is 85.4 Å². The Labute approximate surface area is 158 Å². The number of rotatable bonds is 10. The lowest BCUT2D eigenvalue weighted by Gasteiger charge is -2.34. The third kappa shape index (κ3) is 6.54. The van der Waals surface area contributed by atoms with Crippen LogP contribution in [0.2, 0.25) is 0 Å². The standard InChI is InChI=1S/C21H35N3O2/c1-3-23-9-11-24(12-10-23)16-20(25)17-26-21-6-4-5-19(13-21)15-22(2)14-18-7-8-18/h4-6,13,18,20,25H,3,7-12,14-17H2,1-2H3/t20-/m1/s1. The van der Waals surface area contributed by atoms with Crippen molar-refractivity contribution < 1.29 is 9.84 Å². The predicted molar refractivity (Wildman–Crippen MR) is 106 cm³/mol. The second-order valence-corrected chi connectivity index (χ2v) is 7.99. The molecular formula is C21H35N3O2. The highest BCUT2D eigenvalue weighted by Crippen LogP contribution is 2.29.